The van der Waals surface area contributed by atoms with E-state index in [-0.39, 0.29) is 5.91 Å². The lowest BCUT2D eigenvalue weighted by molar-refractivity contribution is -0.111. The maximum Gasteiger partial charge on any atom is 0.294 e. The van der Waals surface area contributed by atoms with Crippen LogP contribution in [0.5, 0.6) is 0 Å². The van der Waals surface area contributed by atoms with E-state index in [4.69, 9.17) is 10.2 Å². The molecule has 2 aromatic carbocycles. The Balaban J connectivity index is 1.59. The van der Waals surface area contributed by atoms with Crippen molar-refractivity contribution in [1.82, 2.24) is 4.98 Å². The molecule has 0 unspecified atom stereocenters. The molecule has 0 fully saturated rings. The van der Waals surface area contributed by atoms with Crippen molar-refractivity contribution in [2.24, 2.45) is 0 Å². The van der Waals surface area contributed by atoms with E-state index < -0.39 is 0 Å². The van der Waals surface area contributed by atoms with Crippen LogP contribution in [0.3, 0.4) is 0 Å². The molecule has 0 aliphatic carbocycles. The number of rotatable bonds is 6. The number of amides is 1. The predicted octanol–water partition coefficient (Wildman–Crippen LogP) is 3.83. The Bertz CT molecular complexity index is 931. The number of oxazole rings is 1. The van der Waals surface area contributed by atoms with E-state index >= 15 is 0 Å². The van der Waals surface area contributed by atoms with Gasteiger partial charge in [0.1, 0.15) is 6.26 Å². The summed E-state index contributed by atoms with van der Waals surface area (Å²) in [4.78, 5) is 16.2. The third kappa shape index (κ3) is 4.73. The van der Waals surface area contributed by atoms with Crippen molar-refractivity contribution < 1.29 is 9.21 Å². The fraction of sp³-hybridized carbons (Fsp3) is 0.100. The van der Waals surface area contributed by atoms with E-state index in [1.165, 1.54) is 6.08 Å². The van der Waals surface area contributed by atoms with E-state index in [0.29, 0.717) is 23.9 Å². The maximum atomic E-state index is 12.0. The Morgan fingerprint density at radius 3 is 2.85 bits per heavy atom. The molecule has 6 heteroatoms. The zero-order chi connectivity index (χ0) is 18.4. The van der Waals surface area contributed by atoms with E-state index in [1.807, 2.05) is 43.3 Å². The number of hydrogen-bond donors (Lipinski definition) is 3. The third-order valence-corrected chi connectivity index (χ3v) is 3.66. The highest BCUT2D eigenvalue weighted by atomic mass is 16.4. The van der Waals surface area contributed by atoms with Crippen LogP contribution in [0.4, 0.5) is 17.4 Å². The van der Waals surface area contributed by atoms with Crippen molar-refractivity contribution in [2.45, 2.75) is 13.5 Å². The first-order valence-electron chi connectivity index (χ1n) is 8.19. The molecule has 1 amide bonds. The average Bonchev–Trinajstić information content (AvgIpc) is 3.06. The van der Waals surface area contributed by atoms with Gasteiger partial charge < -0.3 is 20.8 Å². The van der Waals surface area contributed by atoms with Gasteiger partial charge in [0.15, 0.2) is 0 Å². The average molecular weight is 348 g/mol. The van der Waals surface area contributed by atoms with Gasteiger partial charge in [-0.15, -0.1) is 0 Å². The van der Waals surface area contributed by atoms with Crippen LogP contribution in [0.2, 0.25) is 0 Å². The van der Waals surface area contributed by atoms with E-state index in [1.54, 1.807) is 24.5 Å². The molecule has 0 bridgehead atoms. The number of aromatic nitrogens is 1. The Morgan fingerprint density at radius 1 is 1.23 bits per heavy atom. The fourth-order valence-electron chi connectivity index (χ4n) is 2.38. The molecule has 0 saturated carbocycles. The van der Waals surface area contributed by atoms with Crippen LogP contribution < -0.4 is 16.4 Å². The van der Waals surface area contributed by atoms with Crippen LogP contribution in [0.25, 0.3) is 6.08 Å². The summed E-state index contributed by atoms with van der Waals surface area (Å²) in [5.41, 5.74) is 9.75. The Labute approximate surface area is 151 Å². The van der Waals surface area contributed by atoms with Crippen LogP contribution in [0.15, 0.2) is 65.3 Å². The first-order chi connectivity index (χ1) is 12.6. The predicted molar refractivity (Wildman–Crippen MR) is 104 cm³/mol. The summed E-state index contributed by atoms with van der Waals surface area (Å²) >= 11 is 0. The van der Waals surface area contributed by atoms with Gasteiger partial charge in [-0.3, -0.25) is 4.79 Å². The number of nitrogens with one attached hydrogen (secondary N) is 2. The van der Waals surface area contributed by atoms with Crippen LogP contribution >= 0.6 is 0 Å². The molecule has 0 aliphatic heterocycles. The zero-order valence-electron chi connectivity index (χ0n) is 14.4. The standard InChI is InChI=1S/C20H20N4O2/c1-14-13-26-20(23-14)22-12-16-6-4-5-15(11-16)9-10-19(25)24-18-8-3-2-7-17(18)21/h2-11,13H,12,21H2,1H3,(H,22,23)(H,24,25)/b10-9+. The molecule has 132 valence electrons. The molecule has 0 saturated heterocycles. The zero-order valence-corrected chi connectivity index (χ0v) is 14.4. The smallest absolute Gasteiger partial charge is 0.294 e. The molecule has 0 aliphatic rings. The van der Waals surface area contributed by atoms with Gasteiger partial charge in [0, 0.05) is 12.6 Å². The lowest BCUT2D eigenvalue weighted by atomic mass is 10.1. The summed E-state index contributed by atoms with van der Waals surface area (Å²) in [7, 11) is 0. The molecule has 1 aromatic heterocycles. The van der Waals surface area contributed by atoms with Gasteiger partial charge in [0.25, 0.3) is 6.01 Å². The molecule has 6 nitrogen and oxygen atoms in total. The Morgan fingerprint density at radius 2 is 2.08 bits per heavy atom. The van der Waals surface area contributed by atoms with Gasteiger partial charge >= 0.3 is 0 Å². The number of nitrogens with zero attached hydrogens (tertiary/aromatic N) is 1. The van der Waals surface area contributed by atoms with Crippen LogP contribution in [0.1, 0.15) is 16.8 Å². The second-order valence-electron chi connectivity index (χ2n) is 5.80. The molecule has 0 atom stereocenters. The number of carbonyl (C=O) groups is 1. The van der Waals surface area contributed by atoms with Crippen molar-refractivity contribution >= 4 is 29.4 Å². The van der Waals surface area contributed by atoms with Crippen LogP contribution in [-0.2, 0) is 11.3 Å². The van der Waals surface area contributed by atoms with E-state index in [0.717, 1.165) is 16.8 Å². The van der Waals surface area contributed by atoms with Gasteiger partial charge in [-0.05, 0) is 42.3 Å². The van der Waals surface area contributed by atoms with Crippen LogP contribution in [0, 0.1) is 6.92 Å². The van der Waals surface area contributed by atoms with Crippen molar-refractivity contribution in [3.63, 3.8) is 0 Å². The molecule has 26 heavy (non-hydrogen) atoms. The highest BCUT2D eigenvalue weighted by molar-refractivity contribution is 6.03. The van der Waals surface area contributed by atoms with Crippen molar-refractivity contribution in [3.05, 3.63) is 77.7 Å². The lowest BCUT2D eigenvalue weighted by Crippen LogP contribution is -2.09. The minimum absolute atomic E-state index is 0.235. The molecular formula is C20H20N4O2. The van der Waals surface area contributed by atoms with Gasteiger partial charge in [-0.1, -0.05) is 30.3 Å². The second-order valence-corrected chi connectivity index (χ2v) is 5.80. The Hall–Kier alpha value is -3.54. The number of benzene rings is 2. The molecular weight excluding hydrogens is 328 g/mol. The summed E-state index contributed by atoms with van der Waals surface area (Å²) in [5.74, 6) is -0.235. The second kappa shape index (κ2) is 8.02. The first-order valence-corrected chi connectivity index (χ1v) is 8.19. The summed E-state index contributed by atoms with van der Waals surface area (Å²) < 4.78 is 5.26. The molecule has 3 rings (SSSR count). The van der Waals surface area contributed by atoms with Crippen molar-refractivity contribution in [2.75, 3.05) is 16.4 Å². The highest BCUT2D eigenvalue weighted by Crippen LogP contribution is 2.17. The lowest BCUT2D eigenvalue weighted by Gasteiger charge is -2.05. The minimum atomic E-state index is -0.235. The number of nitrogens with two attached hydrogens (primary N) is 1. The molecule has 0 spiro atoms. The number of aryl methyl sites for hydroxylation is 1. The van der Waals surface area contributed by atoms with E-state index in [2.05, 4.69) is 15.6 Å². The minimum Gasteiger partial charge on any atom is -0.432 e. The number of nitrogen functional groups attached to an aromatic ring is 1. The summed E-state index contributed by atoms with van der Waals surface area (Å²) in [6.07, 6.45) is 4.84. The molecule has 0 radical (unpaired) electrons. The number of carbonyl (C=O) groups excluding carboxylic acids is 1. The van der Waals surface area contributed by atoms with Gasteiger partial charge in [0.2, 0.25) is 5.91 Å². The normalized spacial score (nSPS) is 10.8. The fourth-order valence-corrected chi connectivity index (χ4v) is 2.38. The van der Waals surface area contributed by atoms with Gasteiger partial charge in [-0.25, -0.2) is 0 Å². The van der Waals surface area contributed by atoms with Crippen molar-refractivity contribution in [1.29, 1.82) is 0 Å². The third-order valence-electron chi connectivity index (χ3n) is 3.66. The largest absolute Gasteiger partial charge is 0.432 e. The SMILES string of the molecule is Cc1coc(NCc2cccc(/C=C/C(=O)Nc3ccccc3N)c2)n1. The van der Waals surface area contributed by atoms with Crippen molar-refractivity contribution in [3.8, 4) is 0 Å². The monoisotopic (exact) mass is 348 g/mol. The summed E-state index contributed by atoms with van der Waals surface area (Å²) in [6, 6.07) is 15.5. The molecule has 1 heterocycles. The maximum absolute atomic E-state index is 12.0. The quantitative estimate of drug-likeness (QED) is 0.465. The number of hydrogen-bond acceptors (Lipinski definition) is 5. The summed E-state index contributed by atoms with van der Waals surface area (Å²) in [5, 5.41) is 5.88. The number of para-hydroxylation sites is 2. The van der Waals surface area contributed by atoms with Gasteiger partial charge in [-0.2, -0.15) is 4.98 Å². The van der Waals surface area contributed by atoms with E-state index in [9.17, 15) is 4.79 Å². The topological polar surface area (TPSA) is 93.2 Å². The summed E-state index contributed by atoms with van der Waals surface area (Å²) in [6.45, 7) is 2.45. The van der Waals surface area contributed by atoms with Crippen LogP contribution in [-0.4, -0.2) is 10.9 Å². The molecule has 3 aromatic rings. The molecule has 4 N–H and O–H groups in total. The highest BCUT2D eigenvalue weighted by Gasteiger charge is 2.02. The number of anilines is 3. The first kappa shape index (κ1) is 17.3. The Kier molecular flexibility index (Phi) is 5.34. The van der Waals surface area contributed by atoms with Gasteiger partial charge in [0.05, 0.1) is 17.1 Å².